The Morgan fingerprint density at radius 1 is 1.32 bits per heavy atom. The van der Waals surface area contributed by atoms with Crippen LogP contribution in [-0.2, 0) is 14.1 Å². The quantitative estimate of drug-likeness (QED) is 0.733. The molecule has 1 fully saturated rings. The van der Waals surface area contributed by atoms with Crippen molar-refractivity contribution in [3.8, 4) is 6.07 Å². The number of nitriles is 1. The first-order valence-electron chi connectivity index (χ1n) is 6.02. The van der Waals surface area contributed by atoms with Gasteiger partial charge in [0.25, 0.3) is 5.56 Å². The normalized spacial score (nSPS) is 16.9. The van der Waals surface area contributed by atoms with Gasteiger partial charge in [-0.2, -0.15) is 5.26 Å². The van der Waals surface area contributed by atoms with Gasteiger partial charge in [-0.15, -0.1) is 0 Å². The summed E-state index contributed by atoms with van der Waals surface area (Å²) in [5, 5.41) is 19.1. The third-order valence-electron chi connectivity index (χ3n) is 3.67. The fourth-order valence-corrected chi connectivity index (χ4v) is 2.34. The van der Waals surface area contributed by atoms with Gasteiger partial charge in [0, 0.05) is 27.2 Å². The molecule has 0 aliphatic carbocycles. The van der Waals surface area contributed by atoms with Gasteiger partial charge in [0.1, 0.15) is 11.9 Å². The molecule has 7 heteroatoms. The lowest BCUT2D eigenvalue weighted by atomic mass is 9.91. The summed E-state index contributed by atoms with van der Waals surface area (Å²) in [5.41, 5.74) is -1.95. The Balaban J connectivity index is 2.57. The van der Waals surface area contributed by atoms with Crippen LogP contribution in [0, 0.1) is 11.3 Å². The number of rotatable bonds is 2. The maximum absolute atomic E-state index is 11.9. The molecule has 1 N–H and O–H groups in total. The number of hydrogen-bond donors (Lipinski definition) is 1. The molecule has 0 atom stereocenters. The molecule has 0 bridgehead atoms. The van der Waals surface area contributed by atoms with Gasteiger partial charge in [-0.3, -0.25) is 13.9 Å². The molecule has 2 heterocycles. The molecule has 19 heavy (non-hydrogen) atoms. The van der Waals surface area contributed by atoms with Crippen molar-refractivity contribution in [3.05, 3.63) is 26.4 Å². The maximum Gasteiger partial charge on any atom is 0.332 e. The van der Waals surface area contributed by atoms with E-state index in [-0.39, 0.29) is 11.4 Å². The van der Waals surface area contributed by atoms with Gasteiger partial charge in [-0.05, 0) is 6.42 Å². The first kappa shape index (κ1) is 13.4. The molecule has 1 aromatic heterocycles. The summed E-state index contributed by atoms with van der Waals surface area (Å²) < 4.78 is 2.18. The molecule has 102 valence electrons. The topological polar surface area (TPSA) is 91.3 Å². The van der Waals surface area contributed by atoms with Crippen LogP contribution in [0.4, 0.5) is 5.82 Å². The fourth-order valence-electron chi connectivity index (χ4n) is 2.34. The largest absolute Gasteiger partial charge is 0.386 e. The highest BCUT2D eigenvalue weighted by atomic mass is 16.3. The van der Waals surface area contributed by atoms with Crippen LogP contribution < -0.4 is 16.1 Å². The van der Waals surface area contributed by atoms with Crippen LogP contribution in [-0.4, -0.2) is 32.9 Å². The van der Waals surface area contributed by atoms with Crippen molar-refractivity contribution >= 4 is 5.82 Å². The Labute approximate surface area is 109 Å². The fraction of sp³-hybridized carbons (Fsp3) is 0.583. The van der Waals surface area contributed by atoms with Crippen LogP contribution in [0.3, 0.4) is 0 Å². The zero-order valence-corrected chi connectivity index (χ0v) is 11.2. The van der Waals surface area contributed by atoms with Crippen molar-refractivity contribution < 1.29 is 5.11 Å². The SMILES string of the molecule is CCC1(O)CN(c2c(C#N)c(=O)n(C)c(=O)n2C)C1. The number of nitrogens with zero attached hydrogens (tertiary/aromatic N) is 4. The van der Waals surface area contributed by atoms with Crippen molar-refractivity contribution in [2.45, 2.75) is 18.9 Å². The van der Waals surface area contributed by atoms with Gasteiger partial charge in [0.15, 0.2) is 5.56 Å². The molecule has 1 aromatic rings. The summed E-state index contributed by atoms with van der Waals surface area (Å²) in [4.78, 5) is 25.5. The Bertz CT molecular complexity index is 674. The molecule has 1 aliphatic rings. The van der Waals surface area contributed by atoms with Crippen LogP contribution in [0.25, 0.3) is 0 Å². The molecule has 0 unspecified atom stereocenters. The smallest absolute Gasteiger partial charge is 0.332 e. The second-order valence-electron chi connectivity index (χ2n) is 4.95. The lowest BCUT2D eigenvalue weighted by molar-refractivity contribution is 0.00759. The zero-order chi connectivity index (χ0) is 14.4. The average molecular weight is 264 g/mol. The van der Waals surface area contributed by atoms with Gasteiger partial charge >= 0.3 is 5.69 Å². The molecule has 1 saturated heterocycles. The van der Waals surface area contributed by atoms with E-state index in [1.54, 1.807) is 4.90 Å². The maximum atomic E-state index is 11.9. The minimum atomic E-state index is -0.802. The predicted octanol–water partition coefficient (Wildman–Crippen LogP) is -1.08. The Hall–Kier alpha value is -2.07. The molecular weight excluding hydrogens is 248 g/mol. The van der Waals surface area contributed by atoms with Crippen molar-refractivity contribution in [3.63, 3.8) is 0 Å². The molecule has 0 spiro atoms. The minimum Gasteiger partial charge on any atom is -0.386 e. The van der Waals surface area contributed by atoms with Gasteiger partial charge in [0.05, 0.1) is 5.60 Å². The molecule has 7 nitrogen and oxygen atoms in total. The van der Waals surface area contributed by atoms with E-state index in [1.165, 1.54) is 18.7 Å². The van der Waals surface area contributed by atoms with Crippen molar-refractivity contribution in [2.24, 2.45) is 14.1 Å². The van der Waals surface area contributed by atoms with E-state index < -0.39 is 16.9 Å². The summed E-state index contributed by atoms with van der Waals surface area (Å²) in [7, 11) is 2.86. The highest BCUT2D eigenvalue weighted by Crippen LogP contribution is 2.29. The Morgan fingerprint density at radius 2 is 1.89 bits per heavy atom. The molecule has 0 amide bonds. The molecule has 0 radical (unpaired) electrons. The van der Waals surface area contributed by atoms with E-state index in [1.807, 2.05) is 13.0 Å². The van der Waals surface area contributed by atoms with E-state index in [0.29, 0.717) is 19.5 Å². The summed E-state index contributed by atoms with van der Waals surface area (Å²) in [6, 6.07) is 1.85. The number of aliphatic hydroxyl groups is 1. The van der Waals surface area contributed by atoms with Crippen molar-refractivity contribution in [1.82, 2.24) is 9.13 Å². The van der Waals surface area contributed by atoms with Gasteiger partial charge in [-0.25, -0.2) is 4.79 Å². The first-order valence-corrected chi connectivity index (χ1v) is 6.02. The molecule has 2 rings (SSSR count). The van der Waals surface area contributed by atoms with E-state index in [9.17, 15) is 14.7 Å². The monoisotopic (exact) mass is 264 g/mol. The van der Waals surface area contributed by atoms with E-state index in [0.717, 1.165) is 4.57 Å². The second-order valence-corrected chi connectivity index (χ2v) is 4.95. The van der Waals surface area contributed by atoms with Gasteiger partial charge < -0.3 is 10.0 Å². The van der Waals surface area contributed by atoms with Crippen molar-refractivity contribution in [1.29, 1.82) is 5.26 Å². The van der Waals surface area contributed by atoms with Gasteiger partial charge in [0.2, 0.25) is 0 Å². The summed E-state index contributed by atoms with van der Waals surface area (Å²) >= 11 is 0. The summed E-state index contributed by atoms with van der Waals surface area (Å²) in [6.45, 7) is 2.50. The third-order valence-corrected chi connectivity index (χ3v) is 3.67. The highest BCUT2D eigenvalue weighted by Gasteiger charge is 2.41. The van der Waals surface area contributed by atoms with E-state index in [4.69, 9.17) is 5.26 Å². The average Bonchev–Trinajstić information content (AvgIpc) is 2.37. The van der Waals surface area contributed by atoms with Gasteiger partial charge in [-0.1, -0.05) is 6.92 Å². The predicted molar refractivity (Wildman–Crippen MR) is 69.1 cm³/mol. The van der Waals surface area contributed by atoms with E-state index >= 15 is 0 Å². The number of anilines is 1. The van der Waals surface area contributed by atoms with Crippen molar-refractivity contribution in [2.75, 3.05) is 18.0 Å². The Morgan fingerprint density at radius 3 is 2.37 bits per heavy atom. The first-order chi connectivity index (χ1) is 8.84. The summed E-state index contributed by atoms with van der Waals surface area (Å²) in [5.74, 6) is 0.286. The molecule has 0 saturated carbocycles. The van der Waals surface area contributed by atoms with Crippen LogP contribution in [0.15, 0.2) is 9.59 Å². The molecule has 0 aromatic carbocycles. The van der Waals surface area contributed by atoms with Crippen LogP contribution in [0.5, 0.6) is 0 Å². The number of hydrogen-bond acceptors (Lipinski definition) is 5. The third kappa shape index (κ3) is 1.85. The Kier molecular flexibility index (Phi) is 2.98. The van der Waals surface area contributed by atoms with E-state index in [2.05, 4.69) is 0 Å². The van der Waals surface area contributed by atoms with Crippen LogP contribution in [0.1, 0.15) is 18.9 Å². The molecule has 1 aliphatic heterocycles. The number of aromatic nitrogens is 2. The zero-order valence-electron chi connectivity index (χ0n) is 11.2. The lowest BCUT2D eigenvalue weighted by Crippen LogP contribution is -2.63. The lowest BCUT2D eigenvalue weighted by Gasteiger charge is -2.47. The standard InChI is InChI=1S/C12H16N4O3/c1-4-12(19)6-16(7-12)9-8(5-13)10(17)15(3)11(18)14(9)2/h19H,4,6-7H2,1-3H3. The second kappa shape index (κ2) is 4.24. The van der Waals surface area contributed by atoms with Crippen LogP contribution >= 0.6 is 0 Å². The summed E-state index contributed by atoms with van der Waals surface area (Å²) in [6.07, 6.45) is 0.587. The molecular formula is C12H16N4O3. The van der Waals surface area contributed by atoms with Crippen LogP contribution in [0.2, 0.25) is 0 Å². The highest BCUT2D eigenvalue weighted by molar-refractivity contribution is 5.56. The number of β-amino-alcohol motifs (C(OH)–C–C–N with tert-alkyl or cyclic N) is 1. The minimum absolute atomic E-state index is 0.0669.